The number of hydrogen-bond donors (Lipinski definition) is 1. The second-order valence-electron chi connectivity index (χ2n) is 7.57. The molecule has 0 saturated carbocycles. The van der Waals surface area contributed by atoms with Crippen molar-refractivity contribution < 1.29 is 9.53 Å². The molecule has 2 atom stereocenters. The fourth-order valence-corrected chi connectivity index (χ4v) is 4.14. The van der Waals surface area contributed by atoms with Gasteiger partial charge in [-0.2, -0.15) is 0 Å². The van der Waals surface area contributed by atoms with Gasteiger partial charge in [-0.1, -0.05) is 29.8 Å². The average Bonchev–Trinajstić information content (AvgIpc) is 2.62. The molecule has 0 aromatic heterocycles. The number of nitrogens with zero attached hydrogens (tertiary/aromatic N) is 1. The fraction of sp³-hybridized carbons (Fsp3) is 0.650. The van der Waals surface area contributed by atoms with Crippen molar-refractivity contribution in [3.63, 3.8) is 0 Å². The summed E-state index contributed by atoms with van der Waals surface area (Å²) in [5.74, 6) is 0.692. The summed E-state index contributed by atoms with van der Waals surface area (Å²) in [4.78, 5) is 15.6. The molecule has 1 amide bonds. The highest BCUT2D eigenvalue weighted by Crippen LogP contribution is 2.38. The van der Waals surface area contributed by atoms with Crippen LogP contribution in [0.5, 0.6) is 0 Å². The molecule has 3 rings (SSSR count). The Kier molecular flexibility index (Phi) is 6.89. The van der Waals surface area contributed by atoms with Crippen LogP contribution in [0.15, 0.2) is 24.3 Å². The van der Waals surface area contributed by atoms with Gasteiger partial charge in [0, 0.05) is 32.3 Å². The molecule has 1 aromatic rings. The molecule has 0 radical (unpaired) electrons. The maximum absolute atomic E-state index is 13.6. The number of rotatable bonds is 3. The van der Waals surface area contributed by atoms with E-state index in [1.165, 1.54) is 5.56 Å². The lowest BCUT2D eigenvalue weighted by Crippen LogP contribution is -2.54. The first-order valence-electron chi connectivity index (χ1n) is 9.23. The van der Waals surface area contributed by atoms with E-state index in [1.807, 2.05) is 0 Å². The molecule has 2 saturated heterocycles. The summed E-state index contributed by atoms with van der Waals surface area (Å²) >= 11 is 0. The van der Waals surface area contributed by atoms with E-state index in [-0.39, 0.29) is 24.4 Å². The monoisotopic (exact) mass is 366 g/mol. The molecule has 0 bridgehead atoms. The predicted molar refractivity (Wildman–Crippen MR) is 103 cm³/mol. The number of carbonyl (C=O) groups excluding carboxylic acids is 1. The second-order valence-corrected chi connectivity index (χ2v) is 7.57. The highest BCUT2D eigenvalue weighted by atomic mass is 35.5. The van der Waals surface area contributed by atoms with Gasteiger partial charge in [0.25, 0.3) is 0 Å². The molecule has 1 aromatic carbocycles. The largest absolute Gasteiger partial charge is 0.381 e. The Balaban J connectivity index is 0.00000225. The van der Waals surface area contributed by atoms with Crippen LogP contribution in [-0.4, -0.2) is 43.2 Å². The van der Waals surface area contributed by atoms with E-state index in [0.717, 1.165) is 44.3 Å². The number of amides is 1. The van der Waals surface area contributed by atoms with Crippen molar-refractivity contribution in [2.45, 2.75) is 51.0 Å². The quantitative estimate of drug-likeness (QED) is 0.894. The summed E-state index contributed by atoms with van der Waals surface area (Å²) in [5, 5.41) is 0. The van der Waals surface area contributed by atoms with Gasteiger partial charge >= 0.3 is 0 Å². The van der Waals surface area contributed by atoms with Crippen LogP contribution >= 0.6 is 12.4 Å². The summed E-state index contributed by atoms with van der Waals surface area (Å²) in [5.41, 5.74) is 8.05. The Morgan fingerprint density at radius 1 is 1.28 bits per heavy atom. The number of hydrogen-bond acceptors (Lipinski definition) is 3. The summed E-state index contributed by atoms with van der Waals surface area (Å²) in [6.07, 6.45) is 3.73. The zero-order valence-corrected chi connectivity index (χ0v) is 16.2. The van der Waals surface area contributed by atoms with Crippen LogP contribution < -0.4 is 5.73 Å². The van der Waals surface area contributed by atoms with Crippen LogP contribution in [0.25, 0.3) is 0 Å². The van der Waals surface area contributed by atoms with Crippen molar-refractivity contribution in [3.05, 3.63) is 35.4 Å². The molecule has 25 heavy (non-hydrogen) atoms. The summed E-state index contributed by atoms with van der Waals surface area (Å²) in [6, 6.07) is 8.63. The first-order valence-corrected chi connectivity index (χ1v) is 9.23. The third kappa shape index (κ3) is 4.18. The van der Waals surface area contributed by atoms with E-state index in [1.54, 1.807) is 0 Å². The van der Waals surface area contributed by atoms with Crippen molar-refractivity contribution in [1.82, 2.24) is 4.90 Å². The third-order valence-corrected chi connectivity index (χ3v) is 5.85. The number of benzene rings is 1. The van der Waals surface area contributed by atoms with Gasteiger partial charge in [-0.25, -0.2) is 0 Å². The molecule has 2 aliphatic rings. The van der Waals surface area contributed by atoms with Crippen LogP contribution in [0, 0.1) is 12.8 Å². The number of aryl methyl sites for hydroxylation is 1. The van der Waals surface area contributed by atoms with Crippen molar-refractivity contribution in [1.29, 1.82) is 0 Å². The third-order valence-electron chi connectivity index (χ3n) is 5.85. The van der Waals surface area contributed by atoms with Gasteiger partial charge in [0.05, 0.1) is 5.41 Å². The van der Waals surface area contributed by atoms with E-state index in [9.17, 15) is 4.79 Å². The zero-order valence-electron chi connectivity index (χ0n) is 15.4. The Bertz CT molecular complexity index is 568. The molecule has 4 nitrogen and oxygen atoms in total. The maximum Gasteiger partial charge on any atom is 0.233 e. The summed E-state index contributed by atoms with van der Waals surface area (Å²) < 4.78 is 5.58. The topological polar surface area (TPSA) is 55.6 Å². The number of carbonyl (C=O) groups is 1. The molecule has 0 aliphatic carbocycles. The van der Waals surface area contributed by atoms with E-state index in [2.05, 4.69) is 43.0 Å². The molecule has 2 heterocycles. The van der Waals surface area contributed by atoms with Gasteiger partial charge < -0.3 is 15.4 Å². The molecule has 140 valence electrons. The molecule has 2 unspecified atom stereocenters. The summed E-state index contributed by atoms with van der Waals surface area (Å²) in [6.45, 7) is 7.11. The second kappa shape index (κ2) is 8.52. The minimum atomic E-state index is -0.425. The van der Waals surface area contributed by atoms with Gasteiger partial charge in [0.2, 0.25) is 5.91 Å². The molecule has 2 aliphatic heterocycles. The Labute approximate surface area is 157 Å². The fourth-order valence-electron chi connectivity index (χ4n) is 4.14. The van der Waals surface area contributed by atoms with Crippen molar-refractivity contribution in [2.24, 2.45) is 11.7 Å². The lowest BCUT2D eigenvalue weighted by molar-refractivity contribution is -0.143. The molecule has 5 heteroatoms. The highest BCUT2D eigenvalue weighted by Gasteiger charge is 2.45. The average molecular weight is 367 g/mol. The van der Waals surface area contributed by atoms with E-state index < -0.39 is 5.41 Å². The number of nitrogens with two attached hydrogens (primary N) is 1. The Morgan fingerprint density at radius 2 is 1.92 bits per heavy atom. The van der Waals surface area contributed by atoms with Crippen molar-refractivity contribution in [3.8, 4) is 0 Å². The van der Waals surface area contributed by atoms with E-state index in [0.29, 0.717) is 19.1 Å². The molecule has 2 fully saturated rings. The Morgan fingerprint density at radius 3 is 2.52 bits per heavy atom. The van der Waals surface area contributed by atoms with Crippen LogP contribution in [0.1, 0.15) is 43.7 Å². The lowest BCUT2D eigenvalue weighted by Gasteiger charge is -2.43. The van der Waals surface area contributed by atoms with Crippen LogP contribution in [-0.2, 0) is 14.9 Å². The molecule has 0 spiro atoms. The minimum Gasteiger partial charge on any atom is -0.381 e. The number of piperidine rings is 1. The van der Waals surface area contributed by atoms with Gasteiger partial charge in [0.1, 0.15) is 0 Å². The SMILES string of the molecule is Cc1ccc(C2(C(=O)N3CCCC(C(C)N)C3)CCOCC2)cc1.Cl. The smallest absolute Gasteiger partial charge is 0.233 e. The Hall–Kier alpha value is -1.10. The van der Waals surface area contributed by atoms with Gasteiger partial charge in [-0.3, -0.25) is 4.79 Å². The van der Waals surface area contributed by atoms with Crippen molar-refractivity contribution in [2.75, 3.05) is 26.3 Å². The number of likely N-dealkylation sites (tertiary alicyclic amines) is 1. The van der Waals surface area contributed by atoms with Crippen LogP contribution in [0.3, 0.4) is 0 Å². The first kappa shape index (κ1) is 20.2. The van der Waals surface area contributed by atoms with Crippen LogP contribution in [0.2, 0.25) is 0 Å². The predicted octanol–water partition coefficient (Wildman–Crippen LogP) is 3.05. The maximum atomic E-state index is 13.6. The van der Waals surface area contributed by atoms with Gasteiger partial charge in [-0.15, -0.1) is 12.4 Å². The van der Waals surface area contributed by atoms with E-state index >= 15 is 0 Å². The number of ether oxygens (including phenoxy) is 1. The van der Waals surface area contributed by atoms with E-state index in [4.69, 9.17) is 10.5 Å². The van der Waals surface area contributed by atoms with Gasteiger partial charge in [-0.05, 0) is 51.0 Å². The normalized spacial score (nSPS) is 24.3. The molecular weight excluding hydrogens is 336 g/mol. The standard InChI is InChI=1S/C20H30N2O2.ClH/c1-15-5-7-18(8-6-15)20(9-12-24-13-10-20)19(23)22-11-3-4-17(14-22)16(2)21;/h5-8,16-17H,3-4,9-14,21H2,1-2H3;1H. The molecule has 2 N–H and O–H groups in total. The zero-order chi connectivity index (χ0) is 17.2. The summed E-state index contributed by atoms with van der Waals surface area (Å²) in [7, 11) is 0. The lowest BCUT2D eigenvalue weighted by atomic mass is 9.72. The first-order chi connectivity index (χ1) is 11.5. The van der Waals surface area contributed by atoms with Crippen molar-refractivity contribution >= 4 is 18.3 Å². The van der Waals surface area contributed by atoms with Gasteiger partial charge in [0.15, 0.2) is 0 Å². The highest BCUT2D eigenvalue weighted by molar-refractivity contribution is 5.88. The molecular formula is C20H31ClN2O2. The minimum absolute atomic E-state index is 0. The number of halogens is 1. The van der Waals surface area contributed by atoms with Crippen LogP contribution in [0.4, 0.5) is 0 Å².